The smallest absolute Gasteiger partial charge is 0.228 e. The van der Waals surface area contributed by atoms with E-state index in [1.165, 1.54) is 19.3 Å². The van der Waals surface area contributed by atoms with Crippen LogP contribution in [0.2, 0.25) is 0 Å². The van der Waals surface area contributed by atoms with Crippen LogP contribution in [0.15, 0.2) is 36.8 Å². The number of piperidine rings is 1. The van der Waals surface area contributed by atoms with Crippen molar-refractivity contribution in [3.63, 3.8) is 0 Å². The van der Waals surface area contributed by atoms with Crippen molar-refractivity contribution in [3.8, 4) is 0 Å². The number of carbonyl (C=O) groups excluding carboxylic acids is 1. The zero-order valence-electron chi connectivity index (χ0n) is 16.3. The highest BCUT2D eigenvalue weighted by molar-refractivity contribution is 5.82. The highest BCUT2D eigenvalue weighted by Gasteiger charge is 2.39. The minimum Gasteiger partial charge on any atom is -0.342 e. The van der Waals surface area contributed by atoms with Crippen LogP contribution in [-0.4, -0.2) is 38.4 Å². The number of amides is 1. The van der Waals surface area contributed by atoms with Crippen LogP contribution in [0.3, 0.4) is 0 Å². The zero-order chi connectivity index (χ0) is 18.7. The number of carbonyl (C=O) groups is 1. The Labute approximate surface area is 161 Å². The fourth-order valence-electron chi connectivity index (χ4n) is 4.75. The van der Waals surface area contributed by atoms with Gasteiger partial charge in [-0.25, -0.2) is 4.98 Å². The maximum absolute atomic E-state index is 13.1. The van der Waals surface area contributed by atoms with Crippen LogP contribution in [-0.2, 0) is 11.3 Å². The summed E-state index contributed by atoms with van der Waals surface area (Å²) in [6, 6.07) is 6.02. The monoisotopic (exact) mass is 366 g/mol. The molecule has 3 heterocycles. The molecule has 1 aliphatic heterocycles. The number of likely N-dealkylation sites (tertiary alicyclic amines) is 1. The lowest BCUT2D eigenvalue weighted by molar-refractivity contribution is -0.144. The van der Waals surface area contributed by atoms with E-state index in [1.54, 1.807) is 0 Å². The summed E-state index contributed by atoms with van der Waals surface area (Å²) in [4.78, 5) is 24.3. The largest absolute Gasteiger partial charge is 0.342 e. The number of hydrogen-bond donors (Lipinski definition) is 0. The molecule has 2 aliphatic rings. The SMILES string of the molecule is CC1(C(=O)N2CCC(c3nccn3Cc3ccccn3)CC2)CCCCC1. The third-order valence-corrected chi connectivity index (χ3v) is 6.43. The molecule has 0 aromatic carbocycles. The Morgan fingerprint density at radius 1 is 1.11 bits per heavy atom. The van der Waals surface area contributed by atoms with Gasteiger partial charge in [0.1, 0.15) is 5.82 Å². The molecule has 2 aromatic rings. The number of imidazole rings is 1. The van der Waals surface area contributed by atoms with Gasteiger partial charge in [-0.1, -0.05) is 32.3 Å². The van der Waals surface area contributed by atoms with Gasteiger partial charge in [-0.2, -0.15) is 0 Å². The van der Waals surface area contributed by atoms with E-state index in [0.29, 0.717) is 11.8 Å². The summed E-state index contributed by atoms with van der Waals surface area (Å²) in [5.41, 5.74) is 0.928. The van der Waals surface area contributed by atoms with Crippen molar-refractivity contribution in [2.24, 2.45) is 5.41 Å². The van der Waals surface area contributed by atoms with Gasteiger partial charge in [-0.3, -0.25) is 9.78 Å². The van der Waals surface area contributed by atoms with Gasteiger partial charge in [0.05, 0.1) is 12.2 Å². The molecule has 5 heteroatoms. The second-order valence-electron chi connectivity index (χ2n) is 8.42. The van der Waals surface area contributed by atoms with Gasteiger partial charge < -0.3 is 9.47 Å². The first-order valence-corrected chi connectivity index (χ1v) is 10.4. The van der Waals surface area contributed by atoms with E-state index in [9.17, 15) is 4.79 Å². The molecular weight excluding hydrogens is 336 g/mol. The van der Waals surface area contributed by atoms with Crippen LogP contribution in [0.4, 0.5) is 0 Å². The molecule has 27 heavy (non-hydrogen) atoms. The van der Waals surface area contributed by atoms with E-state index in [0.717, 1.165) is 56.8 Å². The Balaban J connectivity index is 1.38. The molecule has 1 amide bonds. The molecule has 0 N–H and O–H groups in total. The topological polar surface area (TPSA) is 51.0 Å². The van der Waals surface area contributed by atoms with Crippen molar-refractivity contribution in [3.05, 3.63) is 48.3 Å². The Bertz CT molecular complexity index is 756. The van der Waals surface area contributed by atoms with Crippen molar-refractivity contribution >= 4 is 5.91 Å². The number of hydrogen-bond acceptors (Lipinski definition) is 3. The second-order valence-corrected chi connectivity index (χ2v) is 8.42. The summed E-state index contributed by atoms with van der Waals surface area (Å²) >= 11 is 0. The van der Waals surface area contributed by atoms with E-state index in [1.807, 2.05) is 30.7 Å². The lowest BCUT2D eigenvalue weighted by Gasteiger charge is -2.40. The Kier molecular flexibility index (Phi) is 5.28. The molecule has 4 rings (SSSR count). The van der Waals surface area contributed by atoms with E-state index >= 15 is 0 Å². The fourth-order valence-corrected chi connectivity index (χ4v) is 4.75. The summed E-state index contributed by atoms with van der Waals surface area (Å²) in [6.45, 7) is 4.65. The first-order chi connectivity index (χ1) is 13.2. The van der Waals surface area contributed by atoms with Gasteiger partial charge in [0.2, 0.25) is 5.91 Å². The van der Waals surface area contributed by atoms with Crippen LogP contribution in [0.1, 0.15) is 69.3 Å². The quantitative estimate of drug-likeness (QED) is 0.822. The molecule has 0 bridgehead atoms. The lowest BCUT2D eigenvalue weighted by atomic mass is 9.74. The number of rotatable bonds is 4. The summed E-state index contributed by atoms with van der Waals surface area (Å²) in [7, 11) is 0. The van der Waals surface area contributed by atoms with Gasteiger partial charge in [0.25, 0.3) is 0 Å². The maximum atomic E-state index is 13.1. The third kappa shape index (κ3) is 3.92. The van der Waals surface area contributed by atoms with Crippen molar-refractivity contribution in [1.29, 1.82) is 0 Å². The molecule has 1 aliphatic carbocycles. The second kappa shape index (κ2) is 7.83. The van der Waals surface area contributed by atoms with Gasteiger partial charge in [-0.05, 0) is 37.8 Å². The molecule has 0 atom stereocenters. The molecular formula is C22H30N4O. The van der Waals surface area contributed by atoms with Gasteiger partial charge in [0.15, 0.2) is 0 Å². The minimum absolute atomic E-state index is 0.122. The molecule has 0 spiro atoms. The number of aromatic nitrogens is 3. The van der Waals surface area contributed by atoms with Crippen LogP contribution in [0.25, 0.3) is 0 Å². The molecule has 0 unspecified atom stereocenters. The first kappa shape index (κ1) is 18.2. The average molecular weight is 367 g/mol. The van der Waals surface area contributed by atoms with E-state index < -0.39 is 0 Å². The van der Waals surface area contributed by atoms with Crippen LogP contribution < -0.4 is 0 Å². The molecule has 144 valence electrons. The van der Waals surface area contributed by atoms with E-state index in [-0.39, 0.29) is 5.41 Å². The highest BCUT2D eigenvalue weighted by Crippen LogP contribution is 2.39. The van der Waals surface area contributed by atoms with Crippen molar-refractivity contribution in [1.82, 2.24) is 19.4 Å². The zero-order valence-corrected chi connectivity index (χ0v) is 16.3. The van der Waals surface area contributed by atoms with Crippen LogP contribution >= 0.6 is 0 Å². The van der Waals surface area contributed by atoms with Gasteiger partial charge in [0, 0.05) is 43.0 Å². The lowest BCUT2D eigenvalue weighted by Crippen LogP contribution is -2.46. The predicted molar refractivity (Wildman–Crippen MR) is 105 cm³/mol. The van der Waals surface area contributed by atoms with Crippen LogP contribution in [0.5, 0.6) is 0 Å². The average Bonchev–Trinajstić information content (AvgIpc) is 3.17. The normalized spacial score (nSPS) is 20.6. The Morgan fingerprint density at radius 3 is 2.59 bits per heavy atom. The van der Waals surface area contributed by atoms with Crippen molar-refractivity contribution in [2.45, 2.75) is 64.3 Å². The van der Waals surface area contributed by atoms with E-state index in [4.69, 9.17) is 0 Å². The summed E-state index contributed by atoms with van der Waals surface area (Å²) < 4.78 is 2.22. The van der Waals surface area contributed by atoms with Crippen molar-refractivity contribution < 1.29 is 4.79 Å². The minimum atomic E-state index is -0.122. The molecule has 5 nitrogen and oxygen atoms in total. The predicted octanol–water partition coefficient (Wildman–Crippen LogP) is 4.00. The standard InChI is InChI=1S/C22H30N4O/c1-22(10-4-2-5-11-22)21(27)25-14-8-18(9-15-25)20-24-13-16-26(20)17-19-7-3-6-12-23-19/h3,6-7,12-13,16,18H,2,4-5,8-11,14-15,17H2,1H3. The summed E-state index contributed by atoms with van der Waals surface area (Å²) in [5, 5.41) is 0. The third-order valence-electron chi connectivity index (χ3n) is 6.43. The summed E-state index contributed by atoms with van der Waals surface area (Å²) in [5.74, 6) is 1.95. The van der Waals surface area contributed by atoms with Gasteiger partial charge >= 0.3 is 0 Å². The Hall–Kier alpha value is -2.17. The molecule has 2 aromatic heterocycles. The molecule has 0 radical (unpaired) electrons. The molecule has 2 fully saturated rings. The fraction of sp³-hybridized carbons (Fsp3) is 0.591. The molecule has 1 saturated heterocycles. The van der Waals surface area contributed by atoms with Crippen LogP contribution in [0, 0.1) is 5.41 Å². The van der Waals surface area contributed by atoms with Crippen molar-refractivity contribution in [2.75, 3.05) is 13.1 Å². The maximum Gasteiger partial charge on any atom is 0.228 e. The highest BCUT2D eigenvalue weighted by atomic mass is 16.2. The molecule has 1 saturated carbocycles. The number of pyridine rings is 1. The first-order valence-electron chi connectivity index (χ1n) is 10.4. The van der Waals surface area contributed by atoms with E-state index in [2.05, 4.69) is 32.4 Å². The van der Waals surface area contributed by atoms with Gasteiger partial charge in [-0.15, -0.1) is 0 Å². The number of nitrogens with zero attached hydrogens (tertiary/aromatic N) is 4. The Morgan fingerprint density at radius 2 is 1.89 bits per heavy atom. The summed E-state index contributed by atoms with van der Waals surface area (Å²) in [6.07, 6.45) is 13.6.